The van der Waals surface area contributed by atoms with Crippen molar-refractivity contribution in [3.63, 3.8) is 0 Å². The van der Waals surface area contributed by atoms with E-state index in [1.807, 2.05) is 65.0 Å². The highest BCUT2D eigenvalue weighted by molar-refractivity contribution is 5.89. The maximum absolute atomic E-state index is 12.9. The van der Waals surface area contributed by atoms with E-state index in [2.05, 4.69) is 10.6 Å². The van der Waals surface area contributed by atoms with Crippen molar-refractivity contribution in [3.05, 3.63) is 35.9 Å². The fourth-order valence-electron chi connectivity index (χ4n) is 2.87. The molecule has 0 saturated heterocycles. The van der Waals surface area contributed by atoms with Crippen molar-refractivity contribution in [2.24, 2.45) is 5.92 Å². The molecule has 0 saturated carbocycles. The topological polar surface area (TPSA) is 114 Å². The lowest BCUT2D eigenvalue weighted by molar-refractivity contribution is -0.144. The van der Waals surface area contributed by atoms with E-state index in [-0.39, 0.29) is 18.9 Å². The molecule has 8 nitrogen and oxygen atoms in total. The molecule has 0 aliphatic heterocycles. The van der Waals surface area contributed by atoms with Crippen LogP contribution in [-0.2, 0) is 25.7 Å². The van der Waals surface area contributed by atoms with Crippen LogP contribution in [0.15, 0.2) is 30.3 Å². The van der Waals surface area contributed by atoms with Gasteiger partial charge in [-0.3, -0.25) is 4.79 Å². The molecule has 2 amide bonds. The maximum atomic E-state index is 12.9. The molecule has 8 heteroatoms. The lowest BCUT2D eigenvalue weighted by atomic mass is 10.0. The number of amides is 2. The number of benzene rings is 1. The first-order chi connectivity index (χ1) is 13.9. The fourth-order valence-corrected chi connectivity index (χ4v) is 2.87. The third kappa shape index (κ3) is 9.73. The molecular formula is C22H34N2O6. The smallest absolute Gasteiger partial charge is 0.408 e. The van der Waals surface area contributed by atoms with E-state index >= 15 is 0 Å². The van der Waals surface area contributed by atoms with Gasteiger partial charge in [0.05, 0.1) is 11.7 Å². The van der Waals surface area contributed by atoms with Crippen LogP contribution in [0.1, 0.15) is 53.5 Å². The Morgan fingerprint density at radius 2 is 1.63 bits per heavy atom. The molecule has 0 aliphatic rings. The highest BCUT2D eigenvalue weighted by Crippen LogP contribution is 2.14. The third-order valence-electron chi connectivity index (χ3n) is 4.10. The summed E-state index contributed by atoms with van der Waals surface area (Å²) in [7, 11) is 0. The molecule has 168 valence electrons. The number of carbonyl (C=O) groups excluding carboxylic acids is 2. The van der Waals surface area contributed by atoms with Gasteiger partial charge in [-0.15, -0.1) is 0 Å². The minimum Gasteiger partial charge on any atom is -0.480 e. The van der Waals surface area contributed by atoms with Gasteiger partial charge in [0.15, 0.2) is 0 Å². The molecule has 1 unspecified atom stereocenters. The highest BCUT2D eigenvalue weighted by Gasteiger charge is 2.33. The van der Waals surface area contributed by atoms with Crippen LogP contribution in [0.3, 0.4) is 0 Å². The Morgan fingerprint density at radius 3 is 2.13 bits per heavy atom. The molecular weight excluding hydrogens is 388 g/mol. The average molecular weight is 423 g/mol. The average Bonchev–Trinajstić information content (AvgIpc) is 2.62. The molecule has 0 heterocycles. The first-order valence-corrected chi connectivity index (χ1v) is 10.1. The van der Waals surface area contributed by atoms with Gasteiger partial charge in [-0.2, -0.15) is 0 Å². The number of hydrogen-bond acceptors (Lipinski definition) is 5. The minimum absolute atomic E-state index is 0.0423. The van der Waals surface area contributed by atoms with Gasteiger partial charge in [-0.1, -0.05) is 44.2 Å². The quantitative estimate of drug-likeness (QED) is 0.534. The predicted molar refractivity (Wildman–Crippen MR) is 113 cm³/mol. The number of carboxylic acid groups (broad SMARTS) is 1. The third-order valence-corrected chi connectivity index (χ3v) is 4.10. The standard InChI is InChI=1S/C22H34N2O6/c1-14(2)12-17(20(26)27)23-19(25)18(15(3)30-22(4,5)6)24-21(28)29-13-16-10-8-7-9-11-16/h7-11,14-15,17-18H,12-13H2,1-6H3,(H,23,25)(H,24,28)(H,26,27)/t15-,17?,18+/m1/s1. The molecule has 0 bridgehead atoms. The lowest BCUT2D eigenvalue weighted by Gasteiger charge is -2.31. The molecule has 3 N–H and O–H groups in total. The zero-order valence-electron chi connectivity index (χ0n) is 18.6. The molecule has 1 aromatic carbocycles. The Bertz CT molecular complexity index is 699. The van der Waals surface area contributed by atoms with Gasteiger partial charge in [0, 0.05) is 0 Å². The van der Waals surface area contributed by atoms with Gasteiger partial charge >= 0.3 is 12.1 Å². The molecule has 0 aliphatic carbocycles. The Morgan fingerprint density at radius 1 is 1.03 bits per heavy atom. The second-order valence-corrected chi connectivity index (χ2v) is 8.65. The summed E-state index contributed by atoms with van der Waals surface area (Å²) in [6, 6.07) is 6.94. The van der Waals surface area contributed by atoms with Crippen molar-refractivity contribution in [1.29, 1.82) is 0 Å². The minimum atomic E-state index is -1.13. The fraction of sp³-hybridized carbons (Fsp3) is 0.591. The molecule has 3 atom stereocenters. The van der Waals surface area contributed by atoms with Gasteiger partial charge in [0.1, 0.15) is 18.7 Å². The van der Waals surface area contributed by atoms with Crippen LogP contribution in [0.2, 0.25) is 0 Å². The number of hydrogen-bond donors (Lipinski definition) is 3. The number of carboxylic acids is 1. The van der Waals surface area contributed by atoms with E-state index in [4.69, 9.17) is 9.47 Å². The second kappa shape index (κ2) is 11.5. The second-order valence-electron chi connectivity index (χ2n) is 8.65. The largest absolute Gasteiger partial charge is 0.480 e. The van der Waals surface area contributed by atoms with Crippen molar-refractivity contribution in [1.82, 2.24) is 10.6 Å². The van der Waals surface area contributed by atoms with Gasteiger partial charge in [0.25, 0.3) is 0 Å². The van der Waals surface area contributed by atoms with E-state index in [0.29, 0.717) is 0 Å². The summed E-state index contributed by atoms with van der Waals surface area (Å²) in [6.07, 6.45) is -1.25. The van der Waals surface area contributed by atoms with Crippen LogP contribution >= 0.6 is 0 Å². The van der Waals surface area contributed by atoms with E-state index in [9.17, 15) is 19.5 Å². The van der Waals surface area contributed by atoms with Crippen molar-refractivity contribution in [2.75, 3.05) is 0 Å². The Hall–Kier alpha value is -2.61. The van der Waals surface area contributed by atoms with Crippen molar-refractivity contribution in [2.45, 2.75) is 78.4 Å². The van der Waals surface area contributed by atoms with Crippen LogP contribution in [0.5, 0.6) is 0 Å². The maximum Gasteiger partial charge on any atom is 0.408 e. The Labute approximate surface area is 178 Å². The van der Waals surface area contributed by atoms with Crippen molar-refractivity contribution >= 4 is 18.0 Å². The van der Waals surface area contributed by atoms with Crippen molar-refractivity contribution in [3.8, 4) is 0 Å². The number of carbonyl (C=O) groups is 3. The molecule has 1 aromatic rings. The summed E-state index contributed by atoms with van der Waals surface area (Å²) in [5.41, 5.74) is 0.230. The molecule has 0 radical (unpaired) electrons. The summed E-state index contributed by atoms with van der Waals surface area (Å²) in [6.45, 7) is 10.9. The normalized spacial score (nSPS) is 14.5. The summed E-state index contributed by atoms with van der Waals surface area (Å²) in [4.78, 5) is 36.7. The van der Waals surface area contributed by atoms with Gasteiger partial charge in [-0.25, -0.2) is 9.59 Å². The summed E-state index contributed by atoms with van der Waals surface area (Å²) < 4.78 is 11.0. The van der Waals surface area contributed by atoms with Gasteiger partial charge in [-0.05, 0) is 45.6 Å². The summed E-state index contributed by atoms with van der Waals surface area (Å²) >= 11 is 0. The van der Waals surface area contributed by atoms with E-state index in [1.54, 1.807) is 6.92 Å². The van der Waals surface area contributed by atoms with E-state index in [0.717, 1.165) is 5.56 Å². The number of alkyl carbamates (subject to hydrolysis) is 1. The van der Waals surface area contributed by atoms with Crippen LogP contribution in [-0.4, -0.2) is 46.9 Å². The van der Waals surface area contributed by atoms with Gasteiger partial charge < -0.3 is 25.2 Å². The number of nitrogens with one attached hydrogen (secondary N) is 2. The number of aliphatic carboxylic acids is 1. The number of rotatable bonds is 10. The van der Waals surface area contributed by atoms with E-state index in [1.165, 1.54) is 0 Å². The SMILES string of the molecule is CC(C)CC(NC(=O)[C@@H](NC(=O)OCc1ccccc1)[C@@H](C)OC(C)(C)C)C(=O)O. The Balaban J connectivity index is 2.87. The predicted octanol–water partition coefficient (Wildman–Crippen LogP) is 3.10. The summed E-state index contributed by atoms with van der Waals surface area (Å²) in [5.74, 6) is -1.71. The highest BCUT2D eigenvalue weighted by atomic mass is 16.6. The molecule has 0 spiro atoms. The number of ether oxygens (including phenoxy) is 2. The van der Waals surface area contributed by atoms with Crippen LogP contribution in [0, 0.1) is 5.92 Å². The Kier molecular flexibility index (Phi) is 9.78. The van der Waals surface area contributed by atoms with Crippen molar-refractivity contribution < 1.29 is 29.0 Å². The lowest BCUT2D eigenvalue weighted by Crippen LogP contribution is -2.57. The molecule has 0 aromatic heterocycles. The van der Waals surface area contributed by atoms with Crippen LogP contribution in [0.4, 0.5) is 4.79 Å². The zero-order chi connectivity index (χ0) is 22.9. The van der Waals surface area contributed by atoms with Gasteiger partial charge in [0.2, 0.25) is 5.91 Å². The molecule has 1 rings (SSSR count). The zero-order valence-corrected chi connectivity index (χ0v) is 18.6. The van der Waals surface area contributed by atoms with Crippen LogP contribution < -0.4 is 10.6 Å². The monoisotopic (exact) mass is 422 g/mol. The van der Waals surface area contributed by atoms with E-state index < -0.39 is 41.8 Å². The first-order valence-electron chi connectivity index (χ1n) is 10.1. The molecule has 30 heavy (non-hydrogen) atoms. The van der Waals surface area contributed by atoms with Crippen LogP contribution in [0.25, 0.3) is 0 Å². The first kappa shape index (κ1) is 25.4. The summed E-state index contributed by atoms with van der Waals surface area (Å²) in [5, 5.41) is 14.4. The molecule has 0 fully saturated rings.